The van der Waals surface area contributed by atoms with Crippen LogP contribution in [0.1, 0.15) is 19.3 Å². The molecule has 2 heterocycles. The number of likely N-dealkylation sites (tertiary alicyclic amines) is 1. The SMILES string of the molecule is O=C1CCCN1CCCn1c(-c2ccc(Br)cc2)csc1=Nc1ccc(Cl)c(Cl)c1. The van der Waals surface area contributed by atoms with Crippen LogP contribution in [0.5, 0.6) is 0 Å². The number of hydrogen-bond donors (Lipinski definition) is 0. The van der Waals surface area contributed by atoms with Gasteiger partial charge in [0.25, 0.3) is 0 Å². The summed E-state index contributed by atoms with van der Waals surface area (Å²) in [6, 6.07) is 13.7. The summed E-state index contributed by atoms with van der Waals surface area (Å²) in [5.74, 6) is 0.263. The van der Waals surface area contributed by atoms with Crippen molar-refractivity contribution in [1.29, 1.82) is 0 Å². The predicted octanol–water partition coefficient (Wildman–Crippen LogP) is 6.53. The molecule has 4 rings (SSSR count). The molecule has 0 N–H and O–H groups in total. The number of halogens is 3. The van der Waals surface area contributed by atoms with Crippen LogP contribution >= 0.6 is 50.5 Å². The van der Waals surface area contributed by atoms with Gasteiger partial charge in [0.1, 0.15) is 0 Å². The van der Waals surface area contributed by atoms with Gasteiger partial charge in [-0.25, -0.2) is 4.99 Å². The molecule has 1 aliphatic rings. The number of nitrogens with zero attached hydrogens (tertiary/aromatic N) is 3. The molecule has 0 aliphatic carbocycles. The van der Waals surface area contributed by atoms with Crippen LogP contribution in [0.3, 0.4) is 0 Å². The Labute approximate surface area is 197 Å². The Hall–Kier alpha value is -1.60. The van der Waals surface area contributed by atoms with E-state index in [0.29, 0.717) is 16.5 Å². The largest absolute Gasteiger partial charge is 0.343 e. The van der Waals surface area contributed by atoms with E-state index < -0.39 is 0 Å². The second-order valence-corrected chi connectivity index (χ2v) is 9.68. The van der Waals surface area contributed by atoms with Crippen molar-refractivity contribution in [2.75, 3.05) is 13.1 Å². The van der Waals surface area contributed by atoms with Crippen molar-refractivity contribution in [2.24, 2.45) is 4.99 Å². The second kappa shape index (κ2) is 9.69. The third-order valence-electron chi connectivity index (χ3n) is 5.05. The Morgan fingerprint density at radius 1 is 1.07 bits per heavy atom. The molecule has 0 atom stereocenters. The standard InChI is InChI=1S/C22H20BrCl2N3OS/c23-16-6-4-15(5-7-16)20-14-30-22(26-17-8-9-18(24)19(25)13-17)28(20)12-2-11-27-10-1-3-21(27)29/h4-9,13-14H,1-3,10-12H2. The van der Waals surface area contributed by atoms with Gasteiger partial charge in [0, 0.05) is 35.9 Å². The second-order valence-electron chi connectivity index (χ2n) is 7.11. The van der Waals surface area contributed by atoms with E-state index in [1.807, 2.05) is 23.1 Å². The van der Waals surface area contributed by atoms with Gasteiger partial charge in [0.05, 0.1) is 21.4 Å². The summed E-state index contributed by atoms with van der Waals surface area (Å²) in [5.41, 5.74) is 3.00. The molecule has 0 spiro atoms. The molecule has 0 unspecified atom stereocenters. The summed E-state index contributed by atoms with van der Waals surface area (Å²) in [7, 11) is 0. The first kappa shape index (κ1) is 21.6. The van der Waals surface area contributed by atoms with E-state index in [1.165, 1.54) is 0 Å². The lowest BCUT2D eigenvalue weighted by molar-refractivity contribution is -0.127. The summed E-state index contributed by atoms with van der Waals surface area (Å²) in [6.07, 6.45) is 2.51. The third-order valence-corrected chi connectivity index (χ3v) is 7.18. The number of amides is 1. The minimum Gasteiger partial charge on any atom is -0.343 e. The normalized spacial score (nSPS) is 14.7. The molecule has 0 radical (unpaired) electrons. The molecule has 156 valence electrons. The summed E-state index contributed by atoms with van der Waals surface area (Å²) in [5, 5.41) is 3.13. The molecule has 1 amide bonds. The fraction of sp³-hybridized carbons (Fsp3) is 0.273. The molecule has 8 heteroatoms. The van der Waals surface area contributed by atoms with Crippen molar-refractivity contribution in [1.82, 2.24) is 9.47 Å². The van der Waals surface area contributed by atoms with Crippen molar-refractivity contribution >= 4 is 62.1 Å². The number of carbonyl (C=O) groups is 1. The highest BCUT2D eigenvalue weighted by Gasteiger charge is 2.19. The lowest BCUT2D eigenvalue weighted by atomic mass is 10.2. The Morgan fingerprint density at radius 3 is 2.57 bits per heavy atom. The van der Waals surface area contributed by atoms with E-state index in [1.54, 1.807) is 23.5 Å². The van der Waals surface area contributed by atoms with E-state index in [4.69, 9.17) is 28.2 Å². The van der Waals surface area contributed by atoms with Gasteiger partial charge in [-0.1, -0.05) is 51.3 Å². The lowest BCUT2D eigenvalue weighted by Crippen LogP contribution is -2.27. The van der Waals surface area contributed by atoms with Crippen molar-refractivity contribution in [3.63, 3.8) is 0 Å². The first-order valence-corrected chi connectivity index (χ1v) is 12.2. The van der Waals surface area contributed by atoms with E-state index in [2.05, 4.69) is 38.0 Å². The smallest absolute Gasteiger partial charge is 0.222 e. The molecule has 30 heavy (non-hydrogen) atoms. The lowest BCUT2D eigenvalue weighted by Gasteiger charge is -2.16. The average Bonchev–Trinajstić information content (AvgIpc) is 3.32. The van der Waals surface area contributed by atoms with Crippen LogP contribution in [0, 0.1) is 0 Å². The summed E-state index contributed by atoms with van der Waals surface area (Å²) in [6.45, 7) is 2.42. The van der Waals surface area contributed by atoms with Gasteiger partial charge < -0.3 is 9.47 Å². The Balaban J connectivity index is 1.66. The monoisotopic (exact) mass is 523 g/mol. The molecule has 4 nitrogen and oxygen atoms in total. The fourth-order valence-electron chi connectivity index (χ4n) is 3.51. The number of hydrogen-bond acceptors (Lipinski definition) is 3. The molecule has 1 aliphatic heterocycles. The molecule has 3 aromatic rings. The zero-order valence-corrected chi connectivity index (χ0v) is 20.1. The van der Waals surface area contributed by atoms with E-state index in [0.717, 1.165) is 58.7 Å². The predicted molar refractivity (Wildman–Crippen MR) is 128 cm³/mol. The minimum atomic E-state index is 0.263. The van der Waals surface area contributed by atoms with Gasteiger partial charge in [0.15, 0.2) is 4.80 Å². The van der Waals surface area contributed by atoms with E-state index in [9.17, 15) is 4.79 Å². The third kappa shape index (κ3) is 4.99. The molecule has 1 aromatic heterocycles. The van der Waals surface area contributed by atoms with Gasteiger partial charge in [0.2, 0.25) is 5.91 Å². The zero-order valence-electron chi connectivity index (χ0n) is 16.2. The maximum atomic E-state index is 11.9. The van der Waals surface area contributed by atoms with E-state index in [-0.39, 0.29) is 5.91 Å². The molecule has 1 fully saturated rings. The quantitative estimate of drug-likeness (QED) is 0.361. The highest BCUT2D eigenvalue weighted by atomic mass is 79.9. The van der Waals surface area contributed by atoms with Crippen molar-refractivity contribution in [3.8, 4) is 11.3 Å². The van der Waals surface area contributed by atoms with Gasteiger partial charge in [-0.15, -0.1) is 11.3 Å². The van der Waals surface area contributed by atoms with Crippen molar-refractivity contribution in [3.05, 3.63) is 67.2 Å². The summed E-state index contributed by atoms with van der Waals surface area (Å²) >= 11 is 17.3. The number of carbonyl (C=O) groups excluding carboxylic acids is 1. The number of rotatable bonds is 6. The fourth-order valence-corrected chi connectivity index (χ4v) is 5.02. The average molecular weight is 525 g/mol. The molecular formula is C22H20BrCl2N3OS. The first-order valence-electron chi connectivity index (χ1n) is 9.73. The molecule has 0 saturated carbocycles. The maximum Gasteiger partial charge on any atom is 0.222 e. The zero-order chi connectivity index (χ0) is 21.1. The number of thiazole rings is 1. The van der Waals surface area contributed by atoms with Crippen LogP contribution in [-0.4, -0.2) is 28.5 Å². The first-order chi connectivity index (χ1) is 14.5. The minimum absolute atomic E-state index is 0.263. The highest BCUT2D eigenvalue weighted by Crippen LogP contribution is 2.27. The van der Waals surface area contributed by atoms with Gasteiger partial charge in [-0.05, 0) is 48.7 Å². The van der Waals surface area contributed by atoms with E-state index >= 15 is 0 Å². The van der Waals surface area contributed by atoms with Crippen LogP contribution in [-0.2, 0) is 11.3 Å². The van der Waals surface area contributed by atoms with Gasteiger partial charge >= 0.3 is 0 Å². The summed E-state index contributed by atoms with van der Waals surface area (Å²) in [4.78, 5) is 19.6. The van der Waals surface area contributed by atoms with Crippen LogP contribution < -0.4 is 4.80 Å². The number of benzene rings is 2. The molecule has 2 aromatic carbocycles. The topological polar surface area (TPSA) is 37.6 Å². The molecule has 0 bridgehead atoms. The summed E-state index contributed by atoms with van der Waals surface area (Å²) < 4.78 is 3.26. The van der Waals surface area contributed by atoms with Crippen molar-refractivity contribution in [2.45, 2.75) is 25.8 Å². The highest BCUT2D eigenvalue weighted by molar-refractivity contribution is 9.10. The Bertz CT molecular complexity index is 1120. The van der Waals surface area contributed by atoms with Crippen LogP contribution in [0.25, 0.3) is 11.3 Å². The molecular weight excluding hydrogens is 505 g/mol. The maximum absolute atomic E-state index is 11.9. The van der Waals surface area contributed by atoms with Crippen LogP contribution in [0.15, 0.2) is 57.3 Å². The Kier molecular flexibility index (Phi) is 6.98. The van der Waals surface area contributed by atoms with Gasteiger partial charge in [-0.3, -0.25) is 4.79 Å². The number of aromatic nitrogens is 1. The van der Waals surface area contributed by atoms with Crippen molar-refractivity contribution < 1.29 is 4.79 Å². The Morgan fingerprint density at radius 2 is 1.87 bits per heavy atom. The van der Waals surface area contributed by atoms with Crippen LogP contribution in [0.4, 0.5) is 5.69 Å². The van der Waals surface area contributed by atoms with Gasteiger partial charge in [-0.2, -0.15) is 0 Å². The molecule has 1 saturated heterocycles. The van der Waals surface area contributed by atoms with Crippen LogP contribution in [0.2, 0.25) is 10.0 Å².